The standard InChI is InChI=1S/C7H16O9S2/c1-2-14-3-7(16-6-18(11,12)13)4-15-5-17(8,9)10/h7H,2-6H2,1H3,(H,8,9,10)(H,11,12,13). The lowest BCUT2D eigenvalue weighted by Crippen LogP contribution is -2.29. The van der Waals surface area contributed by atoms with E-state index in [1.165, 1.54) is 0 Å². The summed E-state index contributed by atoms with van der Waals surface area (Å²) in [6, 6.07) is 0. The summed E-state index contributed by atoms with van der Waals surface area (Å²) < 4.78 is 72.8. The molecule has 0 aliphatic heterocycles. The topological polar surface area (TPSA) is 136 Å². The molecule has 0 aromatic rings. The fraction of sp³-hybridized carbons (Fsp3) is 1.00. The van der Waals surface area contributed by atoms with Crippen molar-refractivity contribution in [2.45, 2.75) is 13.0 Å². The van der Waals surface area contributed by atoms with E-state index in [9.17, 15) is 16.8 Å². The third-order valence-corrected chi connectivity index (χ3v) is 2.40. The van der Waals surface area contributed by atoms with Gasteiger partial charge in [-0.1, -0.05) is 0 Å². The largest absolute Gasteiger partial charge is 0.379 e. The second-order valence-corrected chi connectivity index (χ2v) is 6.02. The molecule has 2 N–H and O–H groups in total. The highest BCUT2D eigenvalue weighted by Crippen LogP contribution is 1.99. The zero-order valence-electron chi connectivity index (χ0n) is 9.68. The summed E-state index contributed by atoms with van der Waals surface area (Å²) in [5, 5.41) is 0. The third kappa shape index (κ3) is 12.2. The molecule has 0 heterocycles. The Labute approximate surface area is 106 Å². The van der Waals surface area contributed by atoms with Crippen molar-refractivity contribution in [3.8, 4) is 0 Å². The van der Waals surface area contributed by atoms with Crippen molar-refractivity contribution in [3.63, 3.8) is 0 Å². The van der Waals surface area contributed by atoms with Gasteiger partial charge in [-0.15, -0.1) is 0 Å². The Balaban J connectivity index is 4.14. The molecule has 0 radical (unpaired) electrons. The fourth-order valence-electron chi connectivity index (χ4n) is 0.861. The lowest BCUT2D eigenvalue weighted by atomic mass is 10.4. The van der Waals surface area contributed by atoms with E-state index in [-0.39, 0.29) is 13.2 Å². The van der Waals surface area contributed by atoms with E-state index < -0.39 is 38.2 Å². The molecule has 0 amide bonds. The summed E-state index contributed by atoms with van der Waals surface area (Å²) in [4.78, 5) is 0. The van der Waals surface area contributed by atoms with Gasteiger partial charge >= 0.3 is 0 Å². The van der Waals surface area contributed by atoms with Crippen molar-refractivity contribution in [2.24, 2.45) is 0 Å². The highest BCUT2D eigenvalue weighted by atomic mass is 32.2. The van der Waals surface area contributed by atoms with Crippen LogP contribution in [-0.2, 0) is 34.4 Å². The average Bonchev–Trinajstić information content (AvgIpc) is 2.18. The number of ether oxygens (including phenoxy) is 3. The van der Waals surface area contributed by atoms with Crippen LogP contribution in [0.1, 0.15) is 6.92 Å². The van der Waals surface area contributed by atoms with Crippen LogP contribution in [0, 0.1) is 0 Å². The van der Waals surface area contributed by atoms with E-state index in [4.69, 9.17) is 18.6 Å². The van der Waals surface area contributed by atoms with Crippen molar-refractivity contribution in [3.05, 3.63) is 0 Å². The van der Waals surface area contributed by atoms with E-state index in [1.54, 1.807) is 6.92 Å². The van der Waals surface area contributed by atoms with Gasteiger partial charge < -0.3 is 14.2 Å². The maximum atomic E-state index is 10.5. The Bertz CT molecular complexity index is 412. The van der Waals surface area contributed by atoms with Crippen molar-refractivity contribution >= 4 is 20.2 Å². The molecule has 0 rings (SSSR count). The van der Waals surface area contributed by atoms with Gasteiger partial charge in [-0.3, -0.25) is 9.11 Å². The summed E-state index contributed by atoms with van der Waals surface area (Å²) in [7, 11) is -8.57. The molecular formula is C7H16O9S2. The van der Waals surface area contributed by atoms with Crippen molar-refractivity contribution < 1.29 is 40.2 Å². The van der Waals surface area contributed by atoms with Gasteiger partial charge in [0.05, 0.1) is 13.2 Å². The highest BCUT2D eigenvalue weighted by Gasteiger charge is 2.15. The van der Waals surface area contributed by atoms with Gasteiger partial charge in [-0.25, -0.2) is 0 Å². The summed E-state index contributed by atoms with van der Waals surface area (Å²) in [6.07, 6.45) is -0.881. The van der Waals surface area contributed by atoms with Gasteiger partial charge in [0, 0.05) is 6.61 Å². The Kier molecular flexibility index (Phi) is 7.86. The SMILES string of the molecule is CCOCC(COCS(=O)(=O)O)OCS(=O)(=O)O. The van der Waals surface area contributed by atoms with Crippen LogP contribution in [0.2, 0.25) is 0 Å². The zero-order chi connectivity index (χ0) is 14.2. The molecule has 0 spiro atoms. The highest BCUT2D eigenvalue weighted by molar-refractivity contribution is 7.85. The average molecular weight is 308 g/mol. The summed E-state index contributed by atoms with van der Waals surface area (Å²) in [6.45, 7) is 1.68. The quantitative estimate of drug-likeness (QED) is 0.492. The molecule has 18 heavy (non-hydrogen) atoms. The minimum Gasteiger partial charge on any atom is -0.379 e. The minimum absolute atomic E-state index is 0.0442. The van der Waals surface area contributed by atoms with Crippen LogP contribution in [0.15, 0.2) is 0 Å². The zero-order valence-corrected chi connectivity index (χ0v) is 11.3. The van der Waals surface area contributed by atoms with Gasteiger partial charge in [-0.05, 0) is 6.92 Å². The molecule has 0 fully saturated rings. The first kappa shape index (κ1) is 17.7. The predicted octanol–water partition coefficient (Wildman–Crippen LogP) is -0.885. The van der Waals surface area contributed by atoms with Crippen LogP contribution < -0.4 is 0 Å². The van der Waals surface area contributed by atoms with E-state index in [0.717, 1.165) is 0 Å². The number of rotatable bonds is 10. The molecule has 0 saturated heterocycles. The molecule has 110 valence electrons. The van der Waals surface area contributed by atoms with Crippen molar-refractivity contribution in [2.75, 3.05) is 31.7 Å². The van der Waals surface area contributed by atoms with E-state index in [2.05, 4.69) is 4.74 Å². The Morgan fingerprint density at radius 1 is 0.944 bits per heavy atom. The second-order valence-electron chi connectivity index (χ2n) is 3.22. The smallest absolute Gasteiger partial charge is 0.289 e. The molecule has 0 aliphatic rings. The van der Waals surface area contributed by atoms with E-state index in [0.29, 0.717) is 6.61 Å². The summed E-state index contributed by atoms with van der Waals surface area (Å²) in [5.41, 5.74) is 0. The number of hydrogen-bond acceptors (Lipinski definition) is 7. The minimum atomic E-state index is -4.30. The summed E-state index contributed by atoms with van der Waals surface area (Å²) >= 11 is 0. The maximum Gasteiger partial charge on any atom is 0.289 e. The van der Waals surface area contributed by atoms with Crippen LogP contribution in [0.25, 0.3) is 0 Å². The second kappa shape index (κ2) is 7.99. The van der Waals surface area contributed by atoms with Crippen molar-refractivity contribution in [1.29, 1.82) is 0 Å². The van der Waals surface area contributed by atoms with E-state index in [1.807, 2.05) is 0 Å². The molecule has 9 nitrogen and oxygen atoms in total. The lowest BCUT2D eigenvalue weighted by molar-refractivity contribution is -0.0391. The monoisotopic (exact) mass is 308 g/mol. The molecule has 0 bridgehead atoms. The van der Waals surface area contributed by atoms with Gasteiger partial charge in [0.2, 0.25) is 0 Å². The Hall–Kier alpha value is -0.300. The van der Waals surface area contributed by atoms with Crippen LogP contribution in [0.4, 0.5) is 0 Å². The van der Waals surface area contributed by atoms with Gasteiger partial charge in [0.15, 0.2) is 11.9 Å². The molecule has 0 aromatic heterocycles. The molecular weight excluding hydrogens is 292 g/mol. The molecule has 11 heteroatoms. The summed E-state index contributed by atoms with van der Waals surface area (Å²) in [5.74, 6) is -1.90. The molecule has 1 unspecified atom stereocenters. The first-order valence-electron chi connectivity index (χ1n) is 4.81. The maximum absolute atomic E-state index is 10.5. The van der Waals surface area contributed by atoms with E-state index >= 15 is 0 Å². The Morgan fingerprint density at radius 3 is 1.89 bits per heavy atom. The molecule has 0 aromatic carbocycles. The van der Waals surface area contributed by atoms with Gasteiger partial charge in [-0.2, -0.15) is 16.8 Å². The van der Waals surface area contributed by atoms with Crippen LogP contribution in [-0.4, -0.2) is 63.7 Å². The normalized spacial score (nSPS) is 14.6. The van der Waals surface area contributed by atoms with Crippen molar-refractivity contribution in [1.82, 2.24) is 0 Å². The van der Waals surface area contributed by atoms with Crippen LogP contribution >= 0.6 is 0 Å². The molecule has 0 saturated carbocycles. The predicted molar refractivity (Wildman–Crippen MR) is 60.1 cm³/mol. The first-order chi connectivity index (χ1) is 8.14. The first-order valence-corrected chi connectivity index (χ1v) is 8.03. The molecule has 0 aliphatic carbocycles. The lowest BCUT2D eigenvalue weighted by Gasteiger charge is -2.16. The van der Waals surface area contributed by atoms with Crippen LogP contribution in [0.5, 0.6) is 0 Å². The van der Waals surface area contributed by atoms with Gasteiger partial charge in [0.1, 0.15) is 6.10 Å². The Morgan fingerprint density at radius 2 is 1.44 bits per heavy atom. The van der Waals surface area contributed by atoms with Gasteiger partial charge in [0.25, 0.3) is 20.2 Å². The van der Waals surface area contributed by atoms with Crippen LogP contribution in [0.3, 0.4) is 0 Å². The fourth-order valence-corrected chi connectivity index (χ4v) is 1.53. The number of hydrogen-bond donors (Lipinski definition) is 2. The third-order valence-electron chi connectivity index (χ3n) is 1.50. The molecule has 1 atom stereocenters.